The van der Waals surface area contributed by atoms with Gasteiger partial charge in [-0.15, -0.1) is 5.10 Å². The predicted octanol–water partition coefficient (Wildman–Crippen LogP) is 3.54. The van der Waals surface area contributed by atoms with E-state index >= 15 is 0 Å². The van der Waals surface area contributed by atoms with E-state index < -0.39 is 5.92 Å². The molecule has 0 aliphatic carbocycles. The maximum Gasteiger partial charge on any atom is 0.243 e. The summed E-state index contributed by atoms with van der Waals surface area (Å²) in [6, 6.07) is 9.91. The molecular formula is C18H20N4O2. The first kappa shape index (κ1) is 16.1. The molecule has 0 amide bonds. The van der Waals surface area contributed by atoms with E-state index in [1.165, 1.54) is 0 Å². The molecule has 0 spiro atoms. The normalized spacial score (nSPS) is 19.3. The summed E-state index contributed by atoms with van der Waals surface area (Å²) in [6.45, 7) is 4.72. The number of aryl methyl sites for hydroxylation is 1. The van der Waals surface area contributed by atoms with E-state index in [2.05, 4.69) is 23.2 Å². The number of rotatable bonds is 5. The monoisotopic (exact) mass is 324 g/mol. The van der Waals surface area contributed by atoms with Crippen LogP contribution in [0.3, 0.4) is 0 Å². The highest BCUT2D eigenvalue weighted by molar-refractivity contribution is 5.84. The van der Waals surface area contributed by atoms with E-state index in [1.54, 1.807) is 0 Å². The van der Waals surface area contributed by atoms with E-state index in [4.69, 9.17) is 14.9 Å². The lowest BCUT2D eigenvalue weighted by molar-refractivity contribution is 0.309. The van der Waals surface area contributed by atoms with Crippen LogP contribution in [0.25, 0.3) is 0 Å². The minimum absolute atomic E-state index is 0.0650. The number of aromatic amines is 1. The van der Waals surface area contributed by atoms with Crippen molar-refractivity contribution in [2.45, 2.75) is 32.6 Å². The van der Waals surface area contributed by atoms with Crippen LogP contribution < -0.4 is 9.47 Å². The molecule has 1 aliphatic rings. The Morgan fingerprint density at radius 1 is 1.38 bits per heavy atom. The minimum Gasteiger partial charge on any atom is -0.494 e. The topological polar surface area (TPSA) is 94.8 Å². The quantitative estimate of drug-likeness (QED) is 0.822. The Morgan fingerprint density at radius 3 is 2.79 bits per heavy atom. The number of benzene rings is 1. The van der Waals surface area contributed by atoms with Crippen molar-refractivity contribution < 1.29 is 9.47 Å². The fourth-order valence-electron chi connectivity index (χ4n) is 2.94. The van der Waals surface area contributed by atoms with Crippen LogP contribution in [-0.2, 0) is 0 Å². The Hall–Kier alpha value is -2.81. The first-order chi connectivity index (χ1) is 11.7. The Labute approximate surface area is 140 Å². The van der Waals surface area contributed by atoms with Gasteiger partial charge in [0.2, 0.25) is 11.8 Å². The third-order valence-corrected chi connectivity index (χ3v) is 4.24. The number of hydrogen-bond donors (Lipinski definition) is 2. The van der Waals surface area contributed by atoms with Crippen molar-refractivity contribution in [3.63, 3.8) is 0 Å². The molecule has 6 nitrogen and oxygen atoms in total. The standard InChI is InChI=1S/C18H20N4O2/c1-3-4-9-23-13-7-5-12(6-8-13)16-14(10-19)17(20)24-18-15(16)11(2)21-22-18/h5-8,14,16,20H,3-4,9H2,1-2H3,(H,21,22). The van der Waals surface area contributed by atoms with Crippen LogP contribution in [0.2, 0.25) is 0 Å². The van der Waals surface area contributed by atoms with Crippen LogP contribution >= 0.6 is 0 Å². The summed E-state index contributed by atoms with van der Waals surface area (Å²) in [5.41, 5.74) is 2.64. The molecule has 0 bridgehead atoms. The number of hydrogen-bond acceptors (Lipinski definition) is 5. The van der Waals surface area contributed by atoms with E-state index in [0.29, 0.717) is 12.5 Å². The van der Waals surface area contributed by atoms with Crippen LogP contribution in [0, 0.1) is 29.6 Å². The van der Waals surface area contributed by atoms with Gasteiger partial charge in [-0.25, -0.2) is 0 Å². The lowest BCUT2D eigenvalue weighted by Gasteiger charge is -2.27. The fourth-order valence-corrected chi connectivity index (χ4v) is 2.94. The van der Waals surface area contributed by atoms with Gasteiger partial charge in [-0.2, -0.15) is 5.26 Å². The zero-order valence-corrected chi connectivity index (χ0v) is 13.8. The average Bonchev–Trinajstić information content (AvgIpc) is 2.95. The first-order valence-electron chi connectivity index (χ1n) is 8.09. The molecule has 6 heteroatoms. The molecule has 124 valence electrons. The van der Waals surface area contributed by atoms with Crippen molar-refractivity contribution in [1.29, 1.82) is 10.7 Å². The number of H-pyrrole nitrogens is 1. The molecule has 2 N–H and O–H groups in total. The van der Waals surface area contributed by atoms with Crippen molar-refractivity contribution in [3.05, 3.63) is 41.1 Å². The zero-order valence-electron chi connectivity index (χ0n) is 13.8. The number of ether oxygens (including phenoxy) is 2. The molecule has 1 aromatic carbocycles. The smallest absolute Gasteiger partial charge is 0.243 e. The molecule has 0 saturated carbocycles. The first-order valence-corrected chi connectivity index (χ1v) is 8.09. The Balaban J connectivity index is 1.93. The molecule has 24 heavy (non-hydrogen) atoms. The van der Waals surface area contributed by atoms with Gasteiger partial charge in [0.05, 0.1) is 12.7 Å². The number of nitrogens with zero attached hydrogens (tertiary/aromatic N) is 2. The largest absolute Gasteiger partial charge is 0.494 e. The van der Waals surface area contributed by atoms with Gasteiger partial charge in [0.1, 0.15) is 11.7 Å². The van der Waals surface area contributed by atoms with Crippen LogP contribution in [0.15, 0.2) is 24.3 Å². The van der Waals surface area contributed by atoms with Crippen LogP contribution in [0.4, 0.5) is 0 Å². The van der Waals surface area contributed by atoms with Gasteiger partial charge < -0.3 is 9.47 Å². The average molecular weight is 324 g/mol. The highest BCUT2D eigenvalue weighted by Crippen LogP contribution is 2.42. The molecule has 2 unspecified atom stereocenters. The number of unbranched alkanes of at least 4 members (excludes halogenated alkanes) is 1. The summed E-state index contributed by atoms with van der Waals surface area (Å²) in [5.74, 6) is 0.198. The highest BCUT2D eigenvalue weighted by Gasteiger charge is 2.39. The van der Waals surface area contributed by atoms with Crippen LogP contribution in [0.5, 0.6) is 11.6 Å². The number of aromatic nitrogens is 2. The zero-order chi connectivity index (χ0) is 17.1. The lowest BCUT2D eigenvalue weighted by atomic mass is 9.79. The molecule has 0 fully saturated rings. The minimum atomic E-state index is -0.666. The fraction of sp³-hybridized carbons (Fsp3) is 0.389. The van der Waals surface area contributed by atoms with Crippen molar-refractivity contribution in [1.82, 2.24) is 10.2 Å². The SMILES string of the molecule is CCCCOc1ccc(C2c3c(n[nH]c3C)OC(=N)C2C#N)cc1. The van der Waals surface area contributed by atoms with E-state index in [0.717, 1.165) is 35.4 Å². The second kappa shape index (κ2) is 6.75. The van der Waals surface area contributed by atoms with E-state index in [1.807, 2.05) is 31.2 Å². The third-order valence-electron chi connectivity index (χ3n) is 4.24. The second-order valence-corrected chi connectivity index (χ2v) is 5.89. The van der Waals surface area contributed by atoms with Gasteiger partial charge >= 0.3 is 0 Å². The van der Waals surface area contributed by atoms with Gasteiger partial charge in [-0.05, 0) is 31.0 Å². The Bertz CT molecular complexity index is 773. The van der Waals surface area contributed by atoms with Gasteiger partial charge in [-0.1, -0.05) is 25.5 Å². The van der Waals surface area contributed by atoms with Gasteiger partial charge in [0.15, 0.2) is 0 Å². The summed E-state index contributed by atoms with van der Waals surface area (Å²) in [7, 11) is 0. The third kappa shape index (κ3) is 2.85. The Morgan fingerprint density at radius 2 is 2.12 bits per heavy atom. The summed E-state index contributed by atoms with van der Waals surface area (Å²) in [6.07, 6.45) is 2.11. The summed E-state index contributed by atoms with van der Waals surface area (Å²) >= 11 is 0. The van der Waals surface area contributed by atoms with Crippen LogP contribution in [0.1, 0.15) is 42.5 Å². The maximum atomic E-state index is 9.52. The molecule has 1 aliphatic heterocycles. The van der Waals surface area contributed by atoms with E-state index in [9.17, 15) is 5.26 Å². The van der Waals surface area contributed by atoms with Crippen molar-refractivity contribution in [3.8, 4) is 17.7 Å². The summed E-state index contributed by atoms with van der Waals surface area (Å²) in [4.78, 5) is 0. The maximum absolute atomic E-state index is 9.52. The molecule has 0 radical (unpaired) electrons. The van der Waals surface area contributed by atoms with Gasteiger partial charge in [0.25, 0.3) is 0 Å². The van der Waals surface area contributed by atoms with E-state index in [-0.39, 0.29) is 11.8 Å². The van der Waals surface area contributed by atoms with Crippen molar-refractivity contribution >= 4 is 5.90 Å². The number of nitrogens with one attached hydrogen (secondary N) is 2. The second-order valence-electron chi connectivity index (χ2n) is 5.89. The molecule has 0 saturated heterocycles. The van der Waals surface area contributed by atoms with Crippen molar-refractivity contribution in [2.75, 3.05) is 6.61 Å². The Kier molecular flexibility index (Phi) is 4.52. The molecular weight excluding hydrogens is 304 g/mol. The van der Waals surface area contributed by atoms with Crippen molar-refractivity contribution in [2.24, 2.45) is 5.92 Å². The molecule has 3 rings (SSSR count). The number of fused-ring (bicyclic) bond motifs is 1. The predicted molar refractivity (Wildman–Crippen MR) is 89.5 cm³/mol. The van der Waals surface area contributed by atoms with Crippen LogP contribution in [-0.4, -0.2) is 22.7 Å². The molecule has 2 aromatic rings. The summed E-state index contributed by atoms with van der Waals surface area (Å²) in [5, 5.41) is 24.5. The van der Waals surface area contributed by atoms with Gasteiger partial charge in [0, 0.05) is 17.2 Å². The molecule has 1 aromatic heterocycles. The lowest BCUT2D eigenvalue weighted by Crippen LogP contribution is -2.30. The molecule has 2 heterocycles. The molecule has 2 atom stereocenters. The number of nitriles is 1. The van der Waals surface area contributed by atoms with Gasteiger partial charge in [-0.3, -0.25) is 10.5 Å². The summed E-state index contributed by atoms with van der Waals surface area (Å²) < 4.78 is 11.1. The highest BCUT2D eigenvalue weighted by atomic mass is 16.5.